The normalized spacial score (nSPS) is 11.4. The Hall–Kier alpha value is -1.39. The molecule has 76 valence electrons. The molecule has 2 nitrogen and oxygen atoms in total. The van der Waals surface area contributed by atoms with E-state index in [4.69, 9.17) is 0 Å². The molecule has 1 aromatic rings. The van der Waals surface area contributed by atoms with Gasteiger partial charge in [-0.25, -0.2) is 0 Å². The number of halogens is 3. The van der Waals surface area contributed by atoms with Crippen molar-refractivity contribution in [1.29, 1.82) is 0 Å². The van der Waals surface area contributed by atoms with Crippen molar-refractivity contribution in [3.05, 3.63) is 29.6 Å². The van der Waals surface area contributed by atoms with Crippen LogP contribution in [0.15, 0.2) is 18.3 Å². The summed E-state index contributed by atoms with van der Waals surface area (Å²) >= 11 is 0. The predicted molar refractivity (Wildman–Crippen MR) is 43.7 cm³/mol. The quantitative estimate of drug-likeness (QED) is 0.736. The number of pyridine rings is 1. The van der Waals surface area contributed by atoms with Crippen molar-refractivity contribution in [2.24, 2.45) is 0 Å². The number of aryl methyl sites for hydroxylation is 1. The molecule has 0 N–H and O–H groups in total. The van der Waals surface area contributed by atoms with Gasteiger partial charge in [-0.05, 0) is 18.6 Å². The zero-order valence-electron chi connectivity index (χ0n) is 7.43. The lowest BCUT2D eigenvalue weighted by Gasteiger charge is -2.04. The summed E-state index contributed by atoms with van der Waals surface area (Å²) in [5.74, 6) is -1.75. The third kappa shape index (κ3) is 2.83. The first-order valence-electron chi connectivity index (χ1n) is 3.91. The van der Waals surface area contributed by atoms with Crippen molar-refractivity contribution < 1.29 is 18.0 Å². The fourth-order valence-corrected chi connectivity index (χ4v) is 0.889. The van der Waals surface area contributed by atoms with Crippen LogP contribution in [0.1, 0.15) is 11.3 Å². The summed E-state index contributed by atoms with van der Waals surface area (Å²) in [4.78, 5) is 14.4. The summed E-state index contributed by atoms with van der Waals surface area (Å²) in [6.45, 7) is 1.72. The summed E-state index contributed by atoms with van der Waals surface area (Å²) in [5.41, 5.74) is 0.978. The molecule has 5 heteroatoms. The number of hydrogen-bond donors (Lipinski definition) is 0. The van der Waals surface area contributed by atoms with E-state index in [1.165, 1.54) is 12.3 Å². The van der Waals surface area contributed by atoms with E-state index in [9.17, 15) is 18.0 Å². The Bertz CT molecular complexity index is 329. The van der Waals surface area contributed by atoms with Gasteiger partial charge in [-0.3, -0.25) is 9.78 Å². The van der Waals surface area contributed by atoms with E-state index in [0.29, 0.717) is 5.69 Å². The Morgan fingerprint density at radius 2 is 2.07 bits per heavy atom. The molecule has 0 aromatic carbocycles. The minimum absolute atomic E-state index is 0.276. The number of carbonyl (C=O) groups excluding carboxylic acids is 1. The molecule has 0 aliphatic heterocycles. The average molecular weight is 203 g/mol. The number of hydrogen-bond acceptors (Lipinski definition) is 2. The lowest BCUT2D eigenvalue weighted by molar-refractivity contribution is -0.170. The SMILES string of the molecule is Cc1ccc(CC(=O)C(F)(F)F)cn1. The van der Waals surface area contributed by atoms with Crippen molar-refractivity contribution in [1.82, 2.24) is 4.98 Å². The van der Waals surface area contributed by atoms with Gasteiger partial charge in [0.1, 0.15) is 0 Å². The van der Waals surface area contributed by atoms with Gasteiger partial charge in [0.25, 0.3) is 0 Å². The maximum absolute atomic E-state index is 11.8. The highest BCUT2D eigenvalue weighted by atomic mass is 19.4. The third-order valence-electron chi connectivity index (χ3n) is 1.65. The topological polar surface area (TPSA) is 30.0 Å². The Kier molecular flexibility index (Phi) is 2.88. The van der Waals surface area contributed by atoms with Gasteiger partial charge in [-0.15, -0.1) is 0 Å². The van der Waals surface area contributed by atoms with E-state index in [1.807, 2.05) is 0 Å². The fraction of sp³-hybridized carbons (Fsp3) is 0.333. The molecule has 14 heavy (non-hydrogen) atoms. The van der Waals surface area contributed by atoms with Crippen LogP contribution in [-0.2, 0) is 11.2 Å². The summed E-state index contributed by atoms with van der Waals surface area (Å²) in [5, 5.41) is 0. The van der Waals surface area contributed by atoms with Crippen LogP contribution >= 0.6 is 0 Å². The highest BCUT2D eigenvalue weighted by Gasteiger charge is 2.37. The largest absolute Gasteiger partial charge is 0.450 e. The van der Waals surface area contributed by atoms with E-state index in [1.54, 1.807) is 13.0 Å². The molecule has 1 aromatic heterocycles. The molecule has 0 saturated carbocycles. The minimum atomic E-state index is -4.76. The van der Waals surface area contributed by atoms with Gasteiger partial charge in [-0.2, -0.15) is 13.2 Å². The van der Waals surface area contributed by atoms with Crippen LogP contribution in [-0.4, -0.2) is 16.9 Å². The molecule has 1 rings (SSSR count). The van der Waals surface area contributed by atoms with Crippen LogP contribution < -0.4 is 0 Å². The molecule has 0 fully saturated rings. The maximum atomic E-state index is 11.8. The van der Waals surface area contributed by atoms with Crippen LogP contribution in [0, 0.1) is 6.92 Å². The van der Waals surface area contributed by atoms with E-state index in [2.05, 4.69) is 4.98 Å². The second-order valence-corrected chi connectivity index (χ2v) is 2.91. The molecule has 1 heterocycles. The molecule has 0 radical (unpaired) electrons. The number of alkyl halides is 3. The standard InChI is InChI=1S/C9H8F3NO/c1-6-2-3-7(5-13-6)4-8(14)9(10,11)12/h2-3,5H,4H2,1H3. The molecule has 0 unspecified atom stereocenters. The molecule has 0 aliphatic carbocycles. The Labute approximate surface area is 78.8 Å². The first-order chi connectivity index (χ1) is 6.39. The Balaban J connectivity index is 2.71. The van der Waals surface area contributed by atoms with Gasteiger partial charge in [0.05, 0.1) is 0 Å². The van der Waals surface area contributed by atoms with Crippen LogP contribution in [0.5, 0.6) is 0 Å². The van der Waals surface area contributed by atoms with Crippen LogP contribution in [0.25, 0.3) is 0 Å². The Morgan fingerprint density at radius 1 is 1.43 bits per heavy atom. The minimum Gasteiger partial charge on any atom is -0.289 e. The summed E-state index contributed by atoms with van der Waals surface area (Å²) < 4.78 is 35.5. The van der Waals surface area contributed by atoms with Gasteiger partial charge < -0.3 is 0 Å². The third-order valence-corrected chi connectivity index (χ3v) is 1.65. The van der Waals surface area contributed by atoms with Crippen molar-refractivity contribution >= 4 is 5.78 Å². The second-order valence-electron chi connectivity index (χ2n) is 2.91. The molecule has 0 aliphatic rings. The fourth-order valence-electron chi connectivity index (χ4n) is 0.889. The molecular formula is C9H8F3NO. The maximum Gasteiger partial charge on any atom is 0.450 e. The smallest absolute Gasteiger partial charge is 0.289 e. The van der Waals surface area contributed by atoms with Gasteiger partial charge in [-0.1, -0.05) is 6.07 Å². The molecule has 0 atom stereocenters. The van der Waals surface area contributed by atoms with Gasteiger partial charge in [0.2, 0.25) is 5.78 Å². The molecular weight excluding hydrogens is 195 g/mol. The van der Waals surface area contributed by atoms with Crippen molar-refractivity contribution in [2.75, 3.05) is 0 Å². The molecule has 0 saturated heterocycles. The second kappa shape index (κ2) is 3.77. The van der Waals surface area contributed by atoms with Crippen molar-refractivity contribution in [2.45, 2.75) is 19.5 Å². The number of Topliss-reactive ketones (excluding diaryl/α,β-unsaturated/α-hetero) is 1. The molecule has 0 spiro atoms. The van der Waals surface area contributed by atoms with Crippen LogP contribution in [0.4, 0.5) is 13.2 Å². The number of aromatic nitrogens is 1. The Morgan fingerprint density at radius 3 is 2.50 bits per heavy atom. The zero-order chi connectivity index (χ0) is 10.8. The van der Waals surface area contributed by atoms with E-state index in [-0.39, 0.29) is 5.56 Å². The van der Waals surface area contributed by atoms with Gasteiger partial charge in [0.15, 0.2) is 0 Å². The first-order valence-corrected chi connectivity index (χ1v) is 3.91. The zero-order valence-corrected chi connectivity index (χ0v) is 7.43. The summed E-state index contributed by atoms with van der Waals surface area (Å²) in [7, 11) is 0. The van der Waals surface area contributed by atoms with Crippen molar-refractivity contribution in [3.8, 4) is 0 Å². The predicted octanol–water partition coefficient (Wildman–Crippen LogP) is 2.06. The summed E-state index contributed by atoms with van der Waals surface area (Å²) in [6, 6.07) is 3.03. The number of ketones is 1. The highest BCUT2D eigenvalue weighted by Crippen LogP contribution is 2.18. The van der Waals surface area contributed by atoms with Gasteiger partial charge >= 0.3 is 6.18 Å². The number of nitrogens with zero attached hydrogens (tertiary/aromatic N) is 1. The average Bonchev–Trinajstić information content (AvgIpc) is 2.07. The monoisotopic (exact) mass is 203 g/mol. The number of rotatable bonds is 2. The lowest BCUT2D eigenvalue weighted by Crippen LogP contribution is -2.24. The summed E-state index contributed by atoms with van der Waals surface area (Å²) in [6.07, 6.45) is -4.12. The van der Waals surface area contributed by atoms with E-state index in [0.717, 1.165) is 0 Å². The first kappa shape index (κ1) is 10.7. The lowest BCUT2D eigenvalue weighted by atomic mass is 10.1. The number of carbonyl (C=O) groups is 1. The van der Waals surface area contributed by atoms with E-state index >= 15 is 0 Å². The van der Waals surface area contributed by atoms with Crippen molar-refractivity contribution in [3.63, 3.8) is 0 Å². The molecule has 0 bridgehead atoms. The van der Waals surface area contributed by atoms with Crippen LogP contribution in [0.3, 0.4) is 0 Å². The molecule has 0 amide bonds. The van der Waals surface area contributed by atoms with E-state index < -0.39 is 18.4 Å². The van der Waals surface area contributed by atoms with Crippen LogP contribution in [0.2, 0.25) is 0 Å². The van der Waals surface area contributed by atoms with Gasteiger partial charge in [0, 0.05) is 18.3 Å². The highest BCUT2D eigenvalue weighted by molar-refractivity contribution is 5.85.